The first-order valence-electron chi connectivity index (χ1n) is 4.33. The fourth-order valence-corrected chi connectivity index (χ4v) is 0.455. The maximum absolute atomic E-state index is 9.80. The molecule has 1 unspecified atom stereocenters. The number of carbonyl (C=O) groups is 2. The molecule has 16 heavy (non-hydrogen) atoms. The van der Waals surface area contributed by atoms with Gasteiger partial charge in [0.05, 0.1) is 6.10 Å². The molecule has 0 aliphatic rings. The monoisotopic (exact) mass is 278 g/mol. The van der Waals surface area contributed by atoms with Gasteiger partial charge in [0.15, 0.2) is 0 Å². The molecule has 88 valence electrons. The van der Waals surface area contributed by atoms with Crippen molar-refractivity contribution < 1.29 is 44.0 Å². The second-order valence-electron chi connectivity index (χ2n) is 2.56. The summed E-state index contributed by atoms with van der Waals surface area (Å²) in [5.41, 5.74) is 0. The van der Waals surface area contributed by atoms with Crippen molar-refractivity contribution in [3.63, 3.8) is 0 Å². The zero-order valence-electron chi connectivity index (χ0n) is 9.52. The second-order valence-corrected chi connectivity index (χ2v) is 2.56. The van der Waals surface area contributed by atoms with Gasteiger partial charge in [-0.15, -0.1) is 11.9 Å². The van der Waals surface area contributed by atoms with E-state index in [0.717, 1.165) is 6.42 Å². The normalized spacial score (nSPS) is 10.9. The Morgan fingerprint density at radius 2 is 1.94 bits per heavy atom. The summed E-state index contributed by atoms with van der Waals surface area (Å²) in [6, 6.07) is 0. The summed E-state index contributed by atoms with van der Waals surface area (Å²) in [7, 11) is 0. The second kappa shape index (κ2) is 14.1. The summed E-state index contributed by atoms with van der Waals surface area (Å²) in [6.07, 6.45) is 4.37. The first-order valence-corrected chi connectivity index (χ1v) is 4.33. The van der Waals surface area contributed by atoms with E-state index in [1.807, 2.05) is 19.9 Å². The minimum atomic E-state index is -1.33. The van der Waals surface area contributed by atoms with E-state index in [9.17, 15) is 9.90 Å². The van der Waals surface area contributed by atoms with E-state index in [0.29, 0.717) is 0 Å². The van der Waals surface area contributed by atoms with Crippen LogP contribution in [0, 0.1) is 13.0 Å². The van der Waals surface area contributed by atoms with Gasteiger partial charge in [0.1, 0.15) is 0 Å². The van der Waals surface area contributed by atoms with Crippen LogP contribution >= 0.6 is 0 Å². The third kappa shape index (κ3) is 29.2. The summed E-state index contributed by atoms with van der Waals surface area (Å²) >= 11 is 0. The first-order chi connectivity index (χ1) is 6.90. The Bertz CT molecular complexity index is 211. The van der Waals surface area contributed by atoms with E-state index < -0.39 is 11.9 Å². The van der Waals surface area contributed by atoms with Crippen molar-refractivity contribution in [3.05, 3.63) is 19.1 Å². The molecule has 0 amide bonds. The van der Waals surface area contributed by atoms with Crippen LogP contribution in [0.2, 0.25) is 0 Å². The molecule has 0 rings (SSSR count). The number of carboxylic acid groups (broad SMARTS) is 2. The molecule has 6 heteroatoms. The van der Waals surface area contributed by atoms with Crippen molar-refractivity contribution >= 4 is 11.9 Å². The van der Waals surface area contributed by atoms with Gasteiger partial charge in [-0.2, -0.15) is 0 Å². The minimum absolute atomic E-state index is 0. The number of hydrogen-bond donors (Lipinski definition) is 0. The van der Waals surface area contributed by atoms with Gasteiger partial charge in [-0.3, -0.25) is 0 Å². The van der Waals surface area contributed by atoms with Crippen molar-refractivity contribution in [2.24, 2.45) is 0 Å². The molecule has 0 aromatic rings. The quantitative estimate of drug-likeness (QED) is 0.346. The molecule has 0 aromatic heterocycles. The number of rotatable bonds is 5. The summed E-state index contributed by atoms with van der Waals surface area (Å²) in [6.45, 7) is 6.65. The topological polar surface area (TPSA) is 89.5 Å². The van der Waals surface area contributed by atoms with E-state index in [1.165, 1.54) is 6.08 Å². The van der Waals surface area contributed by atoms with Crippen LogP contribution in [-0.2, 0) is 33.8 Å². The average molecular weight is 280 g/mol. The molecule has 0 saturated heterocycles. The van der Waals surface area contributed by atoms with Crippen LogP contribution in [0.3, 0.4) is 0 Å². The van der Waals surface area contributed by atoms with Gasteiger partial charge in [0.2, 0.25) is 0 Å². The molecule has 0 radical (unpaired) electrons. The molecule has 1 atom stereocenters. The van der Waals surface area contributed by atoms with Crippen LogP contribution < -0.4 is 10.2 Å². The molecule has 0 heterocycles. The number of carbonyl (C=O) groups excluding carboxylic acids is 2. The van der Waals surface area contributed by atoms with E-state index >= 15 is 0 Å². The fraction of sp³-hybridized carbons (Fsp3) is 0.500. The molecule has 0 saturated carbocycles. The molecule has 0 spiro atoms. The zero-order valence-corrected chi connectivity index (χ0v) is 12.5. The summed E-state index contributed by atoms with van der Waals surface area (Å²) < 4.78 is 5.13. The van der Waals surface area contributed by atoms with Crippen LogP contribution in [0.15, 0.2) is 6.08 Å². The Morgan fingerprint density at radius 3 is 2.25 bits per heavy atom. The Balaban J connectivity index is -0.000000292. The van der Waals surface area contributed by atoms with Crippen molar-refractivity contribution in [3.8, 4) is 0 Å². The molecule has 0 bridgehead atoms. The third-order valence-corrected chi connectivity index (χ3v) is 1.26. The first kappa shape index (κ1) is 20.5. The van der Waals surface area contributed by atoms with Gasteiger partial charge in [0.25, 0.3) is 0 Å². The van der Waals surface area contributed by atoms with Gasteiger partial charge >= 0.3 is 19.5 Å². The predicted octanol–water partition coefficient (Wildman–Crippen LogP) is -1.52. The Morgan fingerprint density at radius 1 is 1.50 bits per heavy atom. The summed E-state index contributed by atoms with van der Waals surface area (Å²) in [5, 5.41) is 18.6. The molecular weight excluding hydrogens is 265 g/mol. The predicted molar refractivity (Wildman–Crippen MR) is 48.9 cm³/mol. The van der Waals surface area contributed by atoms with E-state index in [4.69, 9.17) is 14.6 Å². The van der Waals surface area contributed by atoms with Crippen molar-refractivity contribution in [2.45, 2.75) is 26.4 Å². The van der Waals surface area contributed by atoms with Gasteiger partial charge in [-0.1, -0.05) is 6.92 Å². The Kier molecular flexibility index (Phi) is 18.1. The zero-order chi connectivity index (χ0) is 12.3. The maximum Gasteiger partial charge on any atom is 2.00 e. The van der Waals surface area contributed by atoms with Crippen molar-refractivity contribution in [1.29, 1.82) is 0 Å². The van der Waals surface area contributed by atoms with Crippen LogP contribution in [0.25, 0.3) is 0 Å². The Hall–Kier alpha value is -0.867. The van der Waals surface area contributed by atoms with Gasteiger partial charge in [-0.25, -0.2) is 6.08 Å². The van der Waals surface area contributed by atoms with Crippen LogP contribution in [0.5, 0.6) is 0 Å². The van der Waals surface area contributed by atoms with Gasteiger partial charge < -0.3 is 37.5 Å². The van der Waals surface area contributed by atoms with E-state index in [1.54, 1.807) is 0 Å². The van der Waals surface area contributed by atoms with Crippen LogP contribution in [0.1, 0.15) is 20.3 Å². The number of carboxylic acids is 2. The van der Waals surface area contributed by atoms with Crippen LogP contribution in [0.4, 0.5) is 0 Å². The smallest absolute Gasteiger partial charge is 0.586 e. The van der Waals surface area contributed by atoms with E-state index in [2.05, 4.69) is 6.92 Å². The molecule has 5 nitrogen and oxygen atoms in total. The van der Waals surface area contributed by atoms with Crippen molar-refractivity contribution in [1.82, 2.24) is 0 Å². The SMILES string of the molecule is CCC(C)OCC=[C-]C(=O)[O-].[CH2-]C(=O)[O-].[Zn+2]. The van der Waals surface area contributed by atoms with Gasteiger partial charge in [0, 0.05) is 6.61 Å². The standard InChI is InChI=1S/C8H13O3.C2H3O2.Zn/c1-3-7(2)11-6-4-5-8(9)10;1-2(3)4;/h4,7H,3,6H2,1-2H3,(H,9,10);1H2,(H,3,4);/q2*-1;+2/p-2. The van der Waals surface area contributed by atoms with Crippen molar-refractivity contribution in [2.75, 3.05) is 6.61 Å². The molecule has 0 aliphatic carbocycles. The van der Waals surface area contributed by atoms with Gasteiger partial charge in [-0.05, 0) is 13.3 Å². The average Bonchev–Trinajstić information content (AvgIpc) is 2.10. The largest absolute Gasteiger partial charge is 2.00 e. The third-order valence-electron chi connectivity index (χ3n) is 1.26. The minimum Gasteiger partial charge on any atom is -0.586 e. The molecule has 0 aliphatic heterocycles. The number of aliphatic carboxylic acids is 2. The Labute approximate surface area is 108 Å². The number of ether oxygens (including phenoxy) is 1. The molecular formula is C10H14O5Zn-2. The number of hydrogen-bond acceptors (Lipinski definition) is 5. The molecule has 0 aromatic carbocycles. The molecule has 0 fully saturated rings. The fourth-order valence-electron chi connectivity index (χ4n) is 0.455. The molecule has 0 N–H and O–H groups in total. The summed E-state index contributed by atoms with van der Waals surface area (Å²) in [5.74, 6) is -2.64. The van der Waals surface area contributed by atoms with Crippen LogP contribution in [-0.4, -0.2) is 24.6 Å². The van der Waals surface area contributed by atoms with E-state index in [-0.39, 0.29) is 32.2 Å². The maximum atomic E-state index is 9.80. The summed E-state index contributed by atoms with van der Waals surface area (Å²) in [4.78, 5) is 18.6.